The number of hydrogen-bond donors (Lipinski definition) is 1. The number of unbranched alkanes of at least 4 members (excludes halogenated alkanes) is 1. The number of ether oxygens (including phenoxy) is 4. The van der Waals surface area contributed by atoms with Gasteiger partial charge in [0.05, 0.1) is 17.8 Å². The lowest BCUT2D eigenvalue weighted by Crippen LogP contribution is -2.47. The molecule has 0 spiro atoms. The van der Waals surface area contributed by atoms with Crippen LogP contribution >= 0.6 is 0 Å². The van der Waals surface area contributed by atoms with Crippen LogP contribution in [0.3, 0.4) is 0 Å². The van der Waals surface area contributed by atoms with E-state index in [0.717, 1.165) is 12.8 Å². The number of carbonyl (C=O) groups excluding carboxylic acids is 5. The first-order valence-corrected chi connectivity index (χ1v) is 14.0. The van der Waals surface area contributed by atoms with Gasteiger partial charge < -0.3 is 24.3 Å². The predicted molar refractivity (Wildman–Crippen MR) is 144 cm³/mol. The van der Waals surface area contributed by atoms with Gasteiger partial charge in [0, 0.05) is 6.20 Å². The normalized spacial score (nSPS) is 22.2. The Balaban J connectivity index is 2.27. The Morgan fingerprint density at radius 1 is 1.12 bits per heavy atom. The second-order valence-corrected chi connectivity index (χ2v) is 10.3. The van der Waals surface area contributed by atoms with Gasteiger partial charge in [-0.3, -0.25) is 19.2 Å². The van der Waals surface area contributed by atoms with E-state index in [1.54, 1.807) is 33.8 Å². The fraction of sp³-hybridized carbons (Fsp3) is 0.655. The molecule has 11 nitrogen and oxygen atoms in total. The number of amides is 1. The van der Waals surface area contributed by atoms with Crippen LogP contribution in [0.5, 0.6) is 5.75 Å². The zero-order valence-corrected chi connectivity index (χ0v) is 24.5. The lowest BCUT2D eigenvalue weighted by atomic mass is 9.95. The van der Waals surface area contributed by atoms with E-state index in [-0.39, 0.29) is 23.8 Å². The minimum Gasteiger partial charge on any atom is -0.463 e. The maximum atomic E-state index is 13.3. The topological polar surface area (TPSA) is 147 Å². The Morgan fingerprint density at radius 3 is 2.42 bits per heavy atom. The standard InChI is InChI=1S/C29H42N2O9/c1-8-11-12-19(9-2)27(34)39-23-17(6)13-14-30-22(23)25(32)31-21-15-37-28(35)20(10-3)24(18(7)38-29(21)36)40-26(33)16(4)5/h13-14,16,18-21,24H,8-12,15H2,1-7H3,(H,31,32)/t18-,19?,20+,21-,24-/m0/s1. The molecule has 1 aliphatic heterocycles. The van der Waals surface area contributed by atoms with Crippen LogP contribution in [0.1, 0.15) is 89.7 Å². The second kappa shape index (κ2) is 15.3. The summed E-state index contributed by atoms with van der Waals surface area (Å²) in [5, 5.41) is 2.49. The number of aryl methyl sites for hydroxylation is 1. The largest absolute Gasteiger partial charge is 0.463 e. The SMILES string of the molecule is CCCCC(CC)C(=O)Oc1c(C)ccnc1C(=O)N[C@H]1COC(=O)[C@H](CC)[C@@H](OC(=O)C(C)C)[C@H](C)OC1=O. The Bertz CT molecular complexity index is 1070. The summed E-state index contributed by atoms with van der Waals surface area (Å²) in [4.78, 5) is 68.5. The zero-order chi connectivity index (χ0) is 30.0. The zero-order valence-electron chi connectivity index (χ0n) is 24.5. The quantitative estimate of drug-likeness (QED) is 0.313. The summed E-state index contributed by atoms with van der Waals surface area (Å²) in [6.07, 6.45) is 2.65. The number of pyridine rings is 1. The van der Waals surface area contributed by atoms with Crippen molar-refractivity contribution < 1.29 is 42.9 Å². The van der Waals surface area contributed by atoms with Crippen molar-refractivity contribution in [3.8, 4) is 5.75 Å². The summed E-state index contributed by atoms with van der Waals surface area (Å²) in [7, 11) is 0. The fourth-order valence-corrected chi connectivity index (χ4v) is 4.27. The van der Waals surface area contributed by atoms with Gasteiger partial charge in [-0.15, -0.1) is 0 Å². The first-order chi connectivity index (χ1) is 18.9. The third kappa shape index (κ3) is 8.50. The van der Waals surface area contributed by atoms with Gasteiger partial charge in [0.15, 0.2) is 23.6 Å². The molecule has 2 heterocycles. The van der Waals surface area contributed by atoms with Crippen molar-refractivity contribution in [3.63, 3.8) is 0 Å². The molecule has 222 valence electrons. The first kappa shape index (κ1) is 32.7. The Morgan fingerprint density at radius 2 is 1.82 bits per heavy atom. The van der Waals surface area contributed by atoms with E-state index in [2.05, 4.69) is 10.3 Å². The summed E-state index contributed by atoms with van der Waals surface area (Å²) in [6, 6.07) is 0.225. The van der Waals surface area contributed by atoms with E-state index in [1.807, 2.05) is 13.8 Å². The molecule has 1 fully saturated rings. The second-order valence-electron chi connectivity index (χ2n) is 10.3. The van der Waals surface area contributed by atoms with Crippen molar-refractivity contribution in [1.29, 1.82) is 0 Å². The number of nitrogens with one attached hydrogen (secondary N) is 1. The average Bonchev–Trinajstić information content (AvgIpc) is 2.94. The first-order valence-electron chi connectivity index (χ1n) is 14.0. The van der Waals surface area contributed by atoms with Crippen LogP contribution in [0.4, 0.5) is 0 Å². The van der Waals surface area contributed by atoms with Gasteiger partial charge in [0.1, 0.15) is 12.7 Å². The molecule has 0 radical (unpaired) electrons. The molecule has 1 aliphatic rings. The van der Waals surface area contributed by atoms with Crippen molar-refractivity contribution in [1.82, 2.24) is 10.3 Å². The fourth-order valence-electron chi connectivity index (χ4n) is 4.27. The van der Waals surface area contributed by atoms with Crippen molar-refractivity contribution in [2.45, 2.75) is 98.8 Å². The number of aromatic nitrogens is 1. The van der Waals surface area contributed by atoms with Gasteiger partial charge in [-0.05, 0) is 44.7 Å². The van der Waals surface area contributed by atoms with E-state index in [1.165, 1.54) is 13.1 Å². The smallest absolute Gasteiger partial charge is 0.332 e. The molecular formula is C29H42N2O9. The molecule has 1 amide bonds. The van der Waals surface area contributed by atoms with E-state index < -0.39 is 66.5 Å². The number of cyclic esters (lactones) is 2. The third-order valence-electron chi connectivity index (χ3n) is 6.86. The minimum absolute atomic E-state index is 0.00606. The van der Waals surface area contributed by atoms with Gasteiger partial charge >= 0.3 is 23.9 Å². The van der Waals surface area contributed by atoms with Gasteiger partial charge in [-0.1, -0.05) is 47.5 Å². The van der Waals surface area contributed by atoms with Gasteiger partial charge in [-0.25, -0.2) is 9.78 Å². The number of rotatable bonds is 11. The maximum Gasteiger partial charge on any atom is 0.332 e. The van der Waals surface area contributed by atoms with Gasteiger partial charge in [-0.2, -0.15) is 0 Å². The average molecular weight is 563 g/mol. The predicted octanol–water partition coefficient (Wildman–Crippen LogP) is 3.69. The Labute approximate surface area is 235 Å². The number of hydrogen-bond acceptors (Lipinski definition) is 10. The monoisotopic (exact) mass is 562 g/mol. The van der Waals surface area contributed by atoms with Crippen LogP contribution in [-0.4, -0.2) is 59.6 Å². The summed E-state index contributed by atoms with van der Waals surface area (Å²) < 4.78 is 22.1. The molecule has 1 unspecified atom stereocenters. The van der Waals surface area contributed by atoms with Crippen LogP contribution in [0.2, 0.25) is 0 Å². The van der Waals surface area contributed by atoms with Crippen LogP contribution in [0.15, 0.2) is 12.3 Å². The van der Waals surface area contributed by atoms with Gasteiger partial charge in [0.25, 0.3) is 5.91 Å². The number of carbonyl (C=O) groups is 5. The summed E-state index contributed by atoms with van der Waals surface area (Å²) in [5.74, 6) is -5.05. The van der Waals surface area contributed by atoms with E-state index in [0.29, 0.717) is 18.4 Å². The summed E-state index contributed by atoms with van der Waals surface area (Å²) in [5.41, 5.74) is 0.317. The highest BCUT2D eigenvalue weighted by Gasteiger charge is 2.41. The van der Waals surface area contributed by atoms with Crippen molar-refractivity contribution in [3.05, 3.63) is 23.5 Å². The molecule has 1 N–H and O–H groups in total. The molecule has 1 aromatic rings. The third-order valence-corrected chi connectivity index (χ3v) is 6.86. The molecule has 1 saturated heterocycles. The van der Waals surface area contributed by atoms with Crippen LogP contribution in [0.25, 0.3) is 0 Å². The number of esters is 4. The van der Waals surface area contributed by atoms with Crippen molar-refractivity contribution in [2.75, 3.05) is 6.61 Å². The molecule has 1 aromatic heterocycles. The van der Waals surface area contributed by atoms with E-state index in [4.69, 9.17) is 18.9 Å². The molecule has 0 saturated carbocycles. The molecule has 0 bridgehead atoms. The van der Waals surface area contributed by atoms with Crippen LogP contribution in [-0.2, 0) is 33.4 Å². The highest BCUT2D eigenvalue weighted by molar-refractivity contribution is 5.98. The molecule has 40 heavy (non-hydrogen) atoms. The molecule has 0 aromatic carbocycles. The minimum atomic E-state index is -1.38. The molecule has 0 aliphatic carbocycles. The Kier molecular flexibility index (Phi) is 12.5. The highest BCUT2D eigenvalue weighted by Crippen LogP contribution is 2.26. The summed E-state index contributed by atoms with van der Waals surface area (Å²) >= 11 is 0. The molecule has 5 atom stereocenters. The maximum absolute atomic E-state index is 13.3. The number of nitrogens with zero attached hydrogens (tertiary/aromatic N) is 1. The van der Waals surface area contributed by atoms with E-state index in [9.17, 15) is 24.0 Å². The lowest BCUT2D eigenvalue weighted by molar-refractivity contribution is -0.176. The Hall–Kier alpha value is -3.50. The summed E-state index contributed by atoms with van der Waals surface area (Å²) in [6.45, 7) is 11.6. The molecule has 11 heteroatoms. The highest BCUT2D eigenvalue weighted by atomic mass is 16.6. The van der Waals surface area contributed by atoms with Crippen molar-refractivity contribution in [2.24, 2.45) is 17.8 Å². The van der Waals surface area contributed by atoms with Crippen LogP contribution < -0.4 is 10.1 Å². The van der Waals surface area contributed by atoms with E-state index >= 15 is 0 Å². The lowest BCUT2D eigenvalue weighted by Gasteiger charge is -2.29. The van der Waals surface area contributed by atoms with Crippen LogP contribution in [0, 0.1) is 24.7 Å². The van der Waals surface area contributed by atoms with Crippen molar-refractivity contribution >= 4 is 29.8 Å². The molecule has 2 rings (SSSR count). The van der Waals surface area contributed by atoms with Gasteiger partial charge in [0.2, 0.25) is 0 Å². The molecular weight excluding hydrogens is 520 g/mol.